The minimum atomic E-state index is -0.687. The van der Waals surface area contributed by atoms with Gasteiger partial charge in [-0.3, -0.25) is 9.59 Å². The number of hydrogen-bond donors (Lipinski definition) is 1. The number of ketones is 1. The molecule has 1 unspecified atom stereocenters. The quantitative estimate of drug-likeness (QED) is 0.264. The number of aliphatic hydroxyl groups is 1. The summed E-state index contributed by atoms with van der Waals surface area (Å²) in [5, 5.41) is 13.1. The topological polar surface area (TPSA) is 76.1 Å². The van der Waals surface area contributed by atoms with Crippen LogP contribution >= 0.6 is 11.3 Å². The zero-order valence-corrected chi connectivity index (χ0v) is 20.2. The Morgan fingerprint density at radius 1 is 1.12 bits per heavy atom. The molecule has 7 heteroatoms. The lowest BCUT2D eigenvalue weighted by molar-refractivity contribution is -0.140. The number of nitrogens with zero attached hydrogens (tertiary/aromatic N) is 1. The van der Waals surface area contributed by atoms with Crippen molar-refractivity contribution < 1.29 is 24.2 Å². The summed E-state index contributed by atoms with van der Waals surface area (Å²) in [6, 6.07) is 15.7. The van der Waals surface area contributed by atoms with Crippen LogP contribution in [0.5, 0.6) is 11.5 Å². The Hall–Kier alpha value is -3.58. The van der Waals surface area contributed by atoms with E-state index in [1.165, 1.54) is 16.2 Å². The molecule has 0 spiro atoms. The first kappa shape index (κ1) is 23.6. The van der Waals surface area contributed by atoms with E-state index in [2.05, 4.69) is 0 Å². The highest BCUT2D eigenvalue weighted by molar-refractivity contribution is 7.10. The number of Topliss-reactive ketones (excluding diaryl/α,β-unsaturated/α-hetero) is 1. The van der Waals surface area contributed by atoms with Crippen molar-refractivity contribution in [3.8, 4) is 11.5 Å². The van der Waals surface area contributed by atoms with E-state index >= 15 is 0 Å². The summed E-state index contributed by atoms with van der Waals surface area (Å²) in [5.41, 5.74) is 2.28. The lowest BCUT2D eigenvalue weighted by Crippen LogP contribution is -2.28. The molecule has 0 radical (unpaired) electrons. The van der Waals surface area contributed by atoms with Gasteiger partial charge < -0.3 is 19.5 Å². The molecule has 0 aliphatic carbocycles. The maximum absolute atomic E-state index is 13.2. The molecule has 2 aromatic carbocycles. The zero-order valence-electron chi connectivity index (χ0n) is 19.4. The molecule has 1 aliphatic heterocycles. The molecule has 34 heavy (non-hydrogen) atoms. The van der Waals surface area contributed by atoms with E-state index < -0.39 is 17.7 Å². The monoisotopic (exact) mass is 477 g/mol. The van der Waals surface area contributed by atoms with Crippen LogP contribution in [0.15, 0.2) is 65.6 Å². The van der Waals surface area contributed by atoms with Crippen molar-refractivity contribution in [2.45, 2.75) is 32.9 Å². The third-order valence-electron chi connectivity index (χ3n) is 5.77. The van der Waals surface area contributed by atoms with Crippen molar-refractivity contribution in [3.63, 3.8) is 0 Å². The molecule has 0 saturated carbocycles. The number of rotatable bonds is 8. The SMILES string of the molecule is CCCOc1ccc(/C(O)=C2/C(=O)C(=O)N(Cc3ccc(OC)cc3)C2c2cccs2)cc1C. The minimum Gasteiger partial charge on any atom is -0.507 e. The predicted molar refractivity (Wildman–Crippen MR) is 132 cm³/mol. The lowest BCUT2D eigenvalue weighted by Gasteiger charge is -2.24. The van der Waals surface area contributed by atoms with E-state index in [-0.39, 0.29) is 17.9 Å². The van der Waals surface area contributed by atoms with Gasteiger partial charge >= 0.3 is 0 Å². The fourth-order valence-corrected chi connectivity index (χ4v) is 4.88. The zero-order chi connectivity index (χ0) is 24.2. The third kappa shape index (κ3) is 4.56. The summed E-state index contributed by atoms with van der Waals surface area (Å²) in [4.78, 5) is 28.6. The second-order valence-corrected chi connectivity index (χ2v) is 9.10. The van der Waals surface area contributed by atoms with Crippen molar-refractivity contribution in [3.05, 3.63) is 87.1 Å². The van der Waals surface area contributed by atoms with Gasteiger partial charge in [0.1, 0.15) is 17.3 Å². The van der Waals surface area contributed by atoms with Crippen molar-refractivity contribution in [1.82, 2.24) is 4.90 Å². The Labute approximate surface area is 203 Å². The summed E-state index contributed by atoms with van der Waals surface area (Å²) >= 11 is 1.44. The first-order valence-corrected chi connectivity index (χ1v) is 12.0. The lowest BCUT2D eigenvalue weighted by atomic mass is 9.98. The molecule has 0 bridgehead atoms. The Balaban J connectivity index is 1.74. The average Bonchev–Trinajstić information content (AvgIpc) is 3.46. The second kappa shape index (κ2) is 10.1. The van der Waals surface area contributed by atoms with Crippen LogP contribution in [-0.2, 0) is 16.1 Å². The van der Waals surface area contributed by atoms with Gasteiger partial charge in [-0.25, -0.2) is 0 Å². The molecule has 1 atom stereocenters. The van der Waals surface area contributed by atoms with Crippen molar-refractivity contribution in [1.29, 1.82) is 0 Å². The van der Waals surface area contributed by atoms with Crippen LogP contribution in [0.1, 0.15) is 41.0 Å². The van der Waals surface area contributed by atoms with Crippen LogP contribution in [0.3, 0.4) is 0 Å². The molecule has 1 aliphatic rings. The molecular formula is C27H27NO5S. The van der Waals surface area contributed by atoms with E-state index in [0.29, 0.717) is 17.9 Å². The van der Waals surface area contributed by atoms with Gasteiger partial charge in [-0.15, -0.1) is 11.3 Å². The normalized spacial score (nSPS) is 17.3. The standard InChI is InChI=1S/C27H27NO5S/c1-4-13-33-21-12-9-19(15-17(21)2)25(29)23-24(22-6-5-14-34-22)28(27(31)26(23)30)16-18-7-10-20(32-3)11-8-18/h5-12,14-15,24,29H,4,13,16H2,1-3H3/b25-23-. The van der Waals surface area contributed by atoms with Gasteiger partial charge in [0.2, 0.25) is 0 Å². The molecule has 1 fully saturated rings. The number of carbonyl (C=O) groups excluding carboxylic acids is 2. The van der Waals surface area contributed by atoms with E-state index in [0.717, 1.165) is 28.2 Å². The van der Waals surface area contributed by atoms with Crippen LogP contribution in [0.4, 0.5) is 0 Å². The third-order valence-corrected chi connectivity index (χ3v) is 6.70. The molecule has 1 aromatic heterocycles. The predicted octanol–water partition coefficient (Wildman–Crippen LogP) is 5.48. The van der Waals surface area contributed by atoms with Gasteiger partial charge in [-0.1, -0.05) is 25.1 Å². The number of methoxy groups -OCH3 is 1. The molecule has 1 saturated heterocycles. The molecular weight excluding hydrogens is 450 g/mol. The van der Waals surface area contributed by atoms with Crippen molar-refractivity contribution in [2.24, 2.45) is 0 Å². The Morgan fingerprint density at radius 3 is 2.50 bits per heavy atom. The highest BCUT2D eigenvalue weighted by atomic mass is 32.1. The fourth-order valence-electron chi connectivity index (χ4n) is 4.04. The summed E-state index contributed by atoms with van der Waals surface area (Å²) < 4.78 is 10.9. The average molecular weight is 478 g/mol. The fraction of sp³-hybridized carbons (Fsp3) is 0.259. The van der Waals surface area contributed by atoms with Crippen LogP contribution in [0.25, 0.3) is 5.76 Å². The number of thiophene rings is 1. The number of ether oxygens (including phenoxy) is 2. The van der Waals surface area contributed by atoms with Crippen LogP contribution < -0.4 is 9.47 Å². The molecule has 1 N–H and O–H groups in total. The van der Waals surface area contributed by atoms with Gasteiger partial charge in [0.15, 0.2) is 0 Å². The highest BCUT2D eigenvalue weighted by Gasteiger charge is 2.46. The first-order chi connectivity index (χ1) is 16.4. The van der Waals surface area contributed by atoms with Gasteiger partial charge in [-0.2, -0.15) is 0 Å². The maximum Gasteiger partial charge on any atom is 0.295 e. The number of amides is 1. The molecule has 3 aromatic rings. The van der Waals surface area contributed by atoms with E-state index in [1.807, 2.05) is 55.6 Å². The summed E-state index contributed by atoms with van der Waals surface area (Å²) in [6.45, 7) is 4.75. The van der Waals surface area contributed by atoms with Crippen LogP contribution in [0, 0.1) is 6.92 Å². The summed E-state index contributed by atoms with van der Waals surface area (Å²) in [5.74, 6) is -0.0570. The van der Waals surface area contributed by atoms with Crippen molar-refractivity contribution >= 4 is 28.8 Å². The first-order valence-electron chi connectivity index (χ1n) is 11.1. The number of hydrogen-bond acceptors (Lipinski definition) is 6. The number of aryl methyl sites for hydroxylation is 1. The van der Waals surface area contributed by atoms with Gasteiger partial charge in [0, 0.05) is 17.0 Å². The molecule has 4 rings (SSSR count). The molecule has 176 valence electrons. The molecule has 2 heterocycles. The summed E-state index contributed by atoms with van der Waals surface area (Å²) in [7, 11) is 1.59. The number of aliphatic hydroxyl groups excluding tert-OH is 1. The van der Waals surface area contributed by atoms with Gasteiger partial charge in [0.25, 0.3) is 11.7 Å². The highest BCUT2D eigenvalue weighted by Crippen LogP contribution is 2.42. The molecule has 6 nitrogen and oxygen atoms in total. The second-order valence-electron chi connectivity index (χ2n) is 8.12. The van der Waals surface area contributed by atoms with Gasteiger partial charge in [0.05, 0.1) is 25.3 Å². The van der Waals surface area contributed by atoms with E-state index in [1.54, 1.807) is 25.3 Å². The van der Waals surface area contributed by atoms with Gasteiger partial charge in [-0.05, 0) is 66.2 Å². The smallest absolute Gasteiger partial charge is 0.295 e. The largest absolute Gasteiger partial charge is 0.507 e. The molecule has 1 amide bonds. The Kier molecular flexibility index (Phi) is 7.03. The van der Waals surface area contributed by atoms with Crippen molar-refractivity contribution in [2.75, 3.05) is 13.7 Å². The number of likely N-dealkylation sites (tertiary alicyclic amines) is 1. The van der Waals surface area contributed by atoms with E-state index in [4.69, 9.17) is 9.47 Å². The number of carbonyl (C=O) groups is 2. The van der Waals surface area contributed by atoms with Crippen LogP contribution in [0.2, 0.25) is 0 Å². The Bertz CT molecular complexity index is 1210. The minimum absolute atomic E-state index is 0.0996. The summed E-state index contributed by atoms with van der Waals surface area (Å²) in [6.07, 6.45) is 0.889. The Morgan fingerprint density at radius 2 is 1.88 bits per heavy atom. The number of benzene rings is 2. The van der Waals surface area contributed by atoms with Crippen LogP contribution in [-0.4, -0.2) is 35.4 Å². The van der Waals surface area contributed by atoms with E-state index in [9.17, 15) is 14.7 Å². The maximum atomic E-state index is 13.2.